The Morgan fingerprint density at radius 2 is 2.67 bits per heavy atom. The van der Waals surface area contributed by atoms with E-state index in [0.29, 0.717) is 6.61 Å². The van der Waals surface area contributed by atoms with Gasteiger partial charge in [0.1, 0.15) is 0 Å². The van der Waals surface area contributed by atoms with Gasteiger partial charge in [0.05, 0.1) is 6.61 Å². The standard InChI is InChI=1S/C4H5FO/c5-4-2-1-3-6-4/h1-2,4H,3H2. The Labute approximate surface area is 35.4 Å². The lowest BCUT2D eigenvalue weighted by molar-refractivity contribution is 0.0293. The maximum absolute atomic E-state index is 11.6. The van der Waals surface area contributed by atoms with Crippen LogP contribution < -0.4 is 0 Å². The fraction of sp³-hybridized carbons (Fsp3) is 0.500. The third-order valence-corrected chi connectivity index (χ3v) is 0.639. The Balaban J connectivity index is 2.38. The molecule has 1 unspecified atom stereocenters. The van der Waals surface area contributed by atoms with Gasteiger partial charge in [0.15, 0.2) is 0 Å². The van der Waals surface area contributed by atoms with E-state index in [1.54, 1.807) is 6.08 Å². The monoisotopic (exact) mass is 88.0 g/mol. The first kappa shape index (κ1) is 3.81. The van der Waals surface area contributed by atoms with Crippen LogP contribution in [0.1, 0.15) is 0 Å². The average molecular weight is 88.1 g/mol. The summed E-state index contributed by atoms with van der Waals surface area (Å²) in [5, 5.41) is 0. The molecule has 1 rings (SSSR count). The van der Waals surface area contributed by atoms with E-state index in [9.17, 15) is 4.39 Å². The van der Waals surface area contributed by atoms with E-state index in [4.69, 9.17) is 0 Å². The van der Waals surface area contributed by atoms with Crippen LogP contribution in [0.4, 0.5) is 4.39 Å². The second-order valence-corrected chi connectivity index (χ2v) is 1.11. The minimum absolute atomic E-state index is 0.432. The molecule has 0 radical (unpaired) electrons. The molecule has 1 nitrogen and oxygen atoms in total. The summed E-state index contributed by atoms with van der Waals surface area (Å²) in [6.45, 7) is 0.432. The molecule has 0 spiro atoms. The molecule has 0 fully saturated rings. The summed E-state index contributed by atoms with van der Waals surface area (Å²) in [6.07, 6.45) is 1.91. The van der Waals surface area contributed by atoms with Gasteiger partial charge >= 0.3 is 0 Å². The predicted molar refractivity (Wildman–Crippen MR) is 20.0 cm³/mol. The first-order chi connectivity index (χ1) is 2.89. The highest BCUT2D eigenvalue weighted by molar-refractivity contribution is 4.90. The van der Waals surface area contributed by atoms with Crippen LogP contribution in [0.3, 0.4) is 0 Å². The topological polar surface area (TPSA) is 9.23 Å². The lowest BCUT2D eigenvalue weighted by Gasteiger charge is -1.89. The molecule has 0 saturated carbocycles. The van der Waals surface area contributed by atoms with E-state index in [-0.39, 0.29) is 0 Å². The zero-order valence-electron chi connectivity index (χ0n) is 3.23. The van der Waals surface area contributed by atoms with E-state index >= 15 is 0 Å². The molecule has 1 atom stereocenters. The van der Waals surface area contributed by atoms with Crippen LogP contribution in [0.5, 0.6) is 0 Å². The van der Waals surface area contributed by atoms with Crippen molar-refractivity contribution < 1.29 is 9.13 Å². The summed E-state index contributed by atoms with van der Waals surface area (Å²) in [7, 11) is 0. The molecule has 0 bridgehead atoms. The first-order valence-electron chi connectivity index (χ1n) is 1.82. The van der Waals surface area contributed by atoms with Crippen molar-refractivity contribution in [2.75, 3.05) is 6.61 Å². The van der Waals surface area contributed by atoms with E-state index in [0.717, 1.165) is 0 Å². The van der Waals surface area contributed by atoms with Gasteiger partial charge in [0, 0.05) is 0 Å². The van der Waals surface area contributed by atoms with E-state index < -0.39 is 6.36 Å². The molecule has 0 amide bonds. The van der Waals surface area contributed by atoms with Gasteiger partial charge in [-0.05, 0) is 6.08 Å². The van der Waals surface area contributed by atoms with Gasteiger partial charge in [-0.3, -0.25) is 0 Å². The molecule has 0 N–H and O–H groups in total. The van der Waals surface area contributed by atoms with Crippen molar-refractivity contribution in [1.82, 2.24) is 0 Å². The summed E-state index contributed by atoms with van der Waals surface area (Å²) in [5.41, 5.74) is 0. The van der Waals surface area contributed by atoms with Gasteiger partial charge in [0.25, 0.3) is 0 Å². The zero-order valence-corrected chi connectivity index (χ0v) is 3.23. The van der Waals surface area contributed by atoms with E-state index in [1.807, 2.05) is 0 Å². The number of hydrogen-bond donors (Lipinski definition) is 0. The lowest BCUT2D eigenvalue weighted by atomic mass is 10.6. The quantitative estimate of drug-likeness (QED) is 0.399. The van der Waals surface area contributed by atoms with E-state index in [2.05, 4.69) is 4.74 Å². The number of rotatable bonds is 0. The molecule has 0 saturated heterocycles. The van der Waals surface area contributed by atoms with Crippen molar-refractivity contribution >= 4 is 0 Å². The molecule has 0 aromatic rings. The van der Waals surface area contributed by atoms with Crippen LogP contribution in [-0.4, -0.2) is 13.0 Å². The Kier molecular flexibility index (Phi) is 0.881. The van der Waals surface area contributed by atoms with Crippen LogP contribution >= 0.6 is 0 Å². The van der Waals surface area contributed by atoms with Gasteiger partial charge < -0.3 is 4.74 Å². The second kappa shape index (κ2) is 1.39. The maximum Gasteiger partial charge on any atom is 0.218 e. The molecule has 1 aliphatic rings. The molecule has 34 valence electrons. The predicted octanol–water partition coefficient (Wildman–Crippen LogP) is 0.868. The Morgan fingerprint density at radius 1 is 1.83 bits per heavy atom. The van der Waals surface area contributed by atoms with Crippen LogP contribution in [0.15, 0.2) is 12.2 Å². The largest absolute Gasteiger partial charge is 0.341 e. The van der Waals surface area contributed by atoms with Crippen molar-refractivity contribution in [2.24, 2.45) is 0 Å². The minimum atomic E-state index is -1.13. The molecule has 0 aromatic heterocycles. The Bertz CT molecular complexity index is 69.9. The van der Waals surface area contributed by atoms with Gasteiger partial charge in [-0.25, -0.2) is 4.39 Å². The van der Waals surface area contributed by atoms with Crippen LogP contribution in [0.2, 0.25) is 0 Å². The summed E-state index contributed by atoms with van der Waals surface area (Å²) in [5.74, 6) is 0. The summed E-state index contributed by atoms with van der Waals surface area (Å²) < 4.78 is 16.0. The molecule has 0 aromatic carbocycles. The first-order valence-corrected chi connectivity index (χ1v) is 1.82. The smallest absolute Gasteiger partial charge is 0.218 e. The SMILES string of the molecule is FC1C=CCO1. The molecule has 1 heterocycles. The van der Waals surface area contributed by atoms with Gasteiger partial charge in [-0.1, -0.05) is 6.08 Å². The molecular formula is C4H5FO. The van der Waals surface area contributed by atoms with Crippen molar-refractivity contribution in [2.45, 2.75) is 6.36 Å². The number of alkyl halides is 1. The normalized spacial score (nSPS) is 31.8. The summed E-state index contributed by atoms with van der Waals surface area (Å²) in [6, 6.07) is 0. The minimum Gasteiger partial charge on any atom is -0.341 e. The third-order valence-electron chi connectivity index (χ3n) is 0.639. The van der Waals surface area contributed by atoms with Gasteiger partial charge in [-0.15, -0.1) is 0 Å². The van der Waals surface area contributed by atoms with Crippen LogP contribution in [0, 0.1) is 0 Å². The Morgan fingerprint density at radius 3 is 2.83 bits per heavy atom. The van der Waals surface area contributed by atoms with Crippen molar-refractivity contribution in [3.8, 4) is 0 Å². The Hall–Kier alpha value is -0.370. The number of halogens is 1. The lowest BCUT2D eigenvalue weighted by Crippen LogP contribution is -1.92. The summed E-state index contributed by atoms with van der Waals surface area (Å²) >= 11 is 0. The van der Waals surface area contributed by atoms with E-state index in [1.165, 1.54) is 6.08 Å². The second-order valence-electron chi connectivity index (χ2n) is 1.11. The van der Waals surface area contributed by atoms with Crippen molar-refractivity contribution in [1.29, 1.82) is 0 Å². The van der Waals surface area contributed by atoms with Gasteiger partial charge in [-0.2, -0.15) is 0 Å². The molecule has 0 aliphatic carbocycles. The molecule has 2 heteroatoms. The molecule has 1 aliphatic heterocycles. The van der Waals surface area contributed by atoms with Crippen LogP contribution in [0.25, 0.3) is 0 Å². The number of hydrogen-bond acceptors (Lipinski definition) is 1. The highest BCUT2D eigenvalue weighted by atomic mass is 19.1. The fourth-order valence-corrected chi connectivity index (χ4v) is 0.366. The zero-order chi connectivity index (χ0) is 4.41. The molecular weight excluding hydrogens is 83.0 g/mol. The molecule has 6 heavy (non-hydrogen) atoms. The highest BCUT2D eigenvalue weighted by Gasteiger charge is 2.02. The van der Waals surface area contributed by atoms with Crippen molar-refractivity contribution in [3.05, 3.63) is 12.2 Å². The third kappa shape index (κ3) is 0.571. The van der Waals surface area contributed by atoms with Gasteiger partial charge in [0.2, 0.25) is 6.36 Å². The highest BCUT2D eigenvalue weighted by Crippen LogP contribution is 2.01. The fourth-order valence-electron chi connectivity index (χ4n) is 0.366. The van der Waals surface area contributed by atoms with Crippen LogP contribution in [-0.2, 0) is 4.74 Å². The summed E-state index contributed by atoms with van der Waals surface area (Å²) in [4.78, 5) is 0. The van der Waals surface area contributed by atoms with Crippen molar-refractivity contribution in [3.63, 3.8) is 0 Å². The maximum atomic E-state index is 11.6. The number of ether oxygens (including phenoxy) is 1. The average Bonchev–Trinajstić information content (AvgIpc) is 1.86.